The fraction of sp³-hybridized carbons (Fsp3) is 0.450. The average molecular weight is 737 g/mol. The summed E-state index contributed by atoms with van der Waals surface area (Å²) in [6, 6.07) is 11.7. The first-order valence-electron chi connectivity index (χ1n) is 18.6. The number of nitrogens with one attached hydrogen (secondary N) is 2. The number of carboxylic acid groups (broad SMARTS) is 1. The summed E-state index contributed by atoms with van der Waals surface area (Å²) in [5.41, 5.74) is 6.30. The van der Waals surface area contributed by atoms with Gasteiger partial charge in [-0.05, 0) is 90.7 Å². The van der Waals surface area contributed by atoms with E-state index in [1.165, 1.54) is 19.0 Å². The van der Waals surface area contributed by atoms with E-state index in [4.69, 9.17) is 4.74 Å². The molecule has 2 aliphatic heterocycles. The Morgan fingerprint density at radius 1 is 0.741 bits per heavy atom. The van der Waals surface area contributed by atoms with Crippen molar-refractivity contribution in [3.63, 3.8) is 0 Å². The molecule has 0 radical (unpaired) electrons. The van der Waals surface area contributed by atoms with Crippen molar-refractivity contribution < 1.29 is 29.6 Å². The highest BCUT2D eigenvalue weighted by atomic mass is 16.5. The predicted octanol–water partition coefficient (Wildman–Crippen LogP) is 4.57. The number of benzene rings is 2. The standard InChI is InChI=1S/C21H26N4O3.C19H22N4O3/c1-3-28-20(27)18-9-23-21(25-10-16-7-17(16)11-25)24-19(18)22-8-14-4-5-15(12-26)13(2)6-14;1-11-4-12(2-3-13(11)10-24)6-20-17-16(18(25)26)7-21-19(22-17)23-8-14-5-15(14)9-23/h4-6,9,16-17,26H,3,7-8,10-12H2,1-2H3,(H,22,23,24);2-4,7,14-15,24H,5-6,8-10H2,1H3,(H,25,26)(H,20,21,22). The number of anilines is 4. The molecule has 2 aromatic heterocycles. The molecule has 284 valence electrons. The number of aliphatic hydroxyl groups is 2. The minimum absolute atomic E-state index is 0.00972. The first kappa shape index (κ1) is 37.0. The third-order valence-corrected chi connectivity index (χ3v) is 10.9. The number of aromatic carboxylic acids is 1. The van der Waals surface area contributed by atoms with Crippen molar-refractivity contribution in [1.29, 1.82) is 0 Å². The van der Waals surface area contributed by atoms with Crippen molar-refractivity contribution in [3.05, 3.63) is 93.3 Å². The largest absolute Gasteiger partial charge is 0.477 e. The molecule has 4 heterocycles. The van der Waals surface area contributed by atoms with E-state index >= 15 is 0 Å². The highest BCUT2D eigenvalue weighted by Crippen LogP contribution is 2.46. The molecule has 2 saturated carbocycles. The smallest absolute Gasteiger partial charge is 0.343 e. The average Bonchev–Trinajstić information content (AvgIpc) is 4.01. The molecule has 0 amide bonds. The highest BCUT2D eigenvalue weighted by Gasteiger charge is 2.46. The number of carbonyl (C=O) groups excluding carboxylic acids is 1. The first-order valence-corrected chi connectivity index (χ1v) is 18.6. The van der Waals surface area contributed by atoms with Crippen LogP contribution in [-0.2, 0) is 31.0 Å². The number of aromatic nitrogens is 4. The molecule has 4 fully saturated rings. The van der Waals surface area contributed by atoms with Gasteiger partial charge in [-0.25, -0.2) is 19.6 Å². The van der Waals surface area contributed by atoms with Crippen LogP contribution in [0, 0.1) is 37.5 Å². The molecule has 54 heavy (non-hydrogen) atoms. The Kier molecular flexibility index (Phi) is 10.9. The van der Waals surface area contributed by atoms with Crippen LogP contribution in [0.4, 0.5) is 23.5 Å². The van der Waals surface area contributed by atoms with Crippen LogP contribution < -0.4 is 20.4 Å². The zero-order valence-corrected chi connectivity index (χ0v) is 31.0. The topological polar surface area (TPSA) is 186 Å². The number of rotatable bonds is 13. The predicted molar refractivity (Wildman–Crippen MR) is 203 cm³/mol. The van der Waals surface area contributed by atoms with Gasteiger partial charge < -0.3 is 40.5 Å². The van der Waals surface area contributed by atoms with Crippen molar-refractivity contribution in [2.24, 2.45) is 23.7 Å². The fourth-order valence-corrected chi connectivity index (χ4v) is 7.42. The van der Waals surface area contributed by atoms with E-state index < -0.39 is 11.9 Å². The molecule has 2 saturated heterocycles. The van der Waals surface area contributed by atoms with Crippen molar-refractivity contribution in [3.8, 4) is 0 Å². The summed E-state index contributed by atoms with van der Waals surface area (Å²) in [7, 11) is 0. The van der Waals surface area contributed by atoms with Crippen LogP contribution in [0.5, 0.6) is 0 Å². The lowest BCUT2D eigenvalue weighted by molar-refractivity contribution is 0.0526. The summed E-state index contributed by atoms with van der Waals surface area (Å²) in [5.74, 6) is 3.67. The van der Waals surface area contributed by atoms with E-state index in [1.54, 1.807) is 13.1 Å². The van der Waals surface area contributed by atoms with Crippen molar-refractivity contribution in [2.75, 3.05) is 53.2 Å². The minimum Gasteiger partial charge on any atom is -0.477 e. The summed E-state index contributed by atoms with van der Waals surface area (Å²) in [4.78, 5) is 46.0. The van der Waals surface area contributed by atoms with E-state index in [1.807, 2.05) is 50.2 Å². The van der Waals surface area contributed by atoms with Crippen LogP contribution in [0.1, 0.15) is 73.9 Å². The second-order valence-corrected chi connectivity index (χ2v) is 14.8. The highest BCUT2D eigenvalue weighted by molar-refractivity contribution is 5.94. The Morgan fingerprint density at radius 2 is 1.19 bits per heavy atom. The summed E-state index contributed by atoms with van der Waals surface area (Å²) in [6.07, 6.45) is 5.55. The molecule has 4 aromatic rings. The SMILES string of the molecule is CCOC(=O)c1cnc(N2CC3CC3C2)nc1NCc1ccc(CO)c(C)c1.Cc1cc(CNc2nc(N3CC4CC4C3)ncc2C(=O)O)ccc1CO. The van der Waals surface area contributed by atoms with Crippen LogP contribution in [-0.4, -0.2) is 80.0 Å². The van der Waals surface area contributed by atoms with Gasteiger partial charge in [-0.1, -0.05) is 36.4 Å². The summed E-state index contributed by atoms with van der Waals surface area (Å²) < 4.78 is 5.16. The number of aliphatic hydroxyl groups excluding tert-OH is 2. The van der Waals surface area contributed by atoms with Gasteiger partial charge in [0.2, 0.25) is 11.9 Å². The molecule has 0 bridgehead atoms. The molecule has 14 nitrogen and oxygen atoms in total. The third kappa shape index (κ3) is 8.39. The quantitative estimate of drug-likeness (QED) is 0.120. The summed E-state index contributed by atoms with van der Waals surface area (Å²) in [5, 5.41) is 34.4. The number of fused-ring (bicyclic) bond motifs is 2. The second kappa shape index (κ2) is 15.9. The lowest BCUT2D eigenvalue weighted by Crippen LogP contribution is -2.25. The maximum atomic E-state index is 12.3. The Hall–Kier alpha value is -5.34. The lowest BCUT2D eigenvalue weighted by Gasteiger charge is -2.19. The maximum Gasteiger partial charge on any atom is 0.343 e. The number of hydrogen-bond acceptors (Lipinski definition) is 13. The Balaban J connectivity index is 0.000000167. The van der Waals surface area contributed by atoms with Gasteiger partial charge in [-0.2, -0.15) is 9.97 Å². The summed E-state index contributed by atoms with van der Waals surface area (Å²) in [6.45, 7) is 10.9. The van der Waals surface area contributed by atoms with Gasteiger partial charge in [0, 0.05) is 51.7 Å². The van der Waals surface area contributed by atoms with Gasteiger partial charge in [-0.3, -0.25) is 0 Å². The summed E-state index contributed by atoms with van der Waals surface area (Å²) >= 11 is 0. The van der Waals surface area contributed by atoms with Crippen LogP contribution >= 0.6 is 0 Å². The number of hydrogen-bond donors (Lipinski definition) is 5. The number of piperidine rings is 2. The molecule has 14 heteroatoms. The fourth-order valence-electron chi connectivity index (χ4n) is 7.42. The van der Waals surface area contributed by atoms with E-state index in [-0.39, 0.29) is 18.8 Å². The third-order valence-electron chi connectivity index (χ3n) is 10.9. The number of carbonyl (C=O) groups is 2. The molecule has 8 rings (SSSR count). The number of nitrogens with zero attached hydrogens (tertiary/aromatic N) is 6. The second-order valence-electron chi connectivity index (χ2n) is 14.8. The Labute approximate surface area is 314 Å². The Morgan fingerprint density at radius 3 is 1.59 bits per heavy atom. The first-order chi connectivity index (χ1) is 26.1. The normalized spacial score (nSPS) is 20.4. The van der Waals surface area contributed by atoms with Crippen molar-refractivity contribution >= 4 is 35.5 Å². The Bertz CT molecular complexity index is 2010. The zero-order valence-electron chi connectivity index (χ0n) is 31.0. The number of aryl methyl sites for hydroxylation is 2. The van der Waals surface area contributed by atoms with Crippen molar-refractivity contribution in [1.82, 2.24) is 19.9 Å². The molecule has 5 N–H and O–H groups in total. The van der Waals surface area contributed by atoms with Gasteiger partial charge in [-0.15, -0.1) is 0 Å². The van der Waals surface area contributed by atoms with Crippen LogP contribution in [0.15, 0.2) is 48.8 Å². The van der Waals surface area contributed by atoms with E-state index in [2.05, 4.69) is 40.4 Å². The molecule has 4 aliphatic rings. The van der Waals surface area contributed by atoms with Crippen LogP contribution in [0.2, 0.25) is 0 Å². The van der Waals surface area contributed by atoms with E-state index in [9.17, 15) is 24.9 Å². The van der Waals surface area contributed by atoms with Gasteiger partial charge in [0.05, 0.1) is 19.8 Å². The van der Waals surface area contributed by atoms with Crippen molar-refractivity contribution in [2.45, 2.75) is 59.9 Å². The zero-order chi connectivity index (χ0) is 37.9. The van der Waals surface area contributed by atoms with E-state index in [0.29, 0.717) is 48.8 Å². The van der Waals surface area contributed by atoms with Crippen LogP contribution in [0.3, 0.4) is 0 Å². The monoisotopic (exact) mass is 736 g/mol. The minimum atomic E-state index is -1.05. The molecular formula is C40H48N8O6. The number of carboxylic acids is 1. The van der Waals surface area contributed by atoms with Gasteiger partial charge in [0.25, 0.3) is 0 Å². The maximum absolute atomic E-state index is 12.3. The lowest BCUT2D eigenvalue weighted by atomic mass is 10.1. The molecule has 4 atom stereocenters. The molecule has 4 unspecified atom stereocenters. The van der Waals surface area contributed by atoms with E-state index in [0.717, 1.165) is 83.2 Å². The van der Waals surface area contributed by atoms with Gasteiger partial charge >= 0.3 is 11.9 Å². The molecular weight excluding hydrogens is 688 g/mol. The number of ether oxygens (including phenoxy) is 1. The van der Waals surface area contributed by atoms with Crippen LogP contribution in [0.25, 0.3) is 0 Å². The number of esters is 1. The molecule has 0 spiro atoms. The van der Waals surface area contributed by atoms with Gasteiger partial charge in [0.15, 0.2) is 0 Å². The molecule has 2 aliphatic carbocycles. The molecule has 2 aromatic carbocycles. The van der Waals surface area contributed by atoms with Gasteiger partial charge in [0.1, 0.15) is 22.8 Å².